The largest absolute Gasteiger partial charge is 0.488 e. The molecule has 0 aliphatic carbocycles. The number of nitrogens with zero attached hydrogens (tertiary/aromatic N) is 2. The maximum absolute atomic E-state index is 12.5. The molecule has 0 fully saturated rings. The monoisotopic (exact) mass is 376 g/mol. The van der Waals surface area contributed by atoms with Crippen LogP contribution in [-0.4, -0.2) is 16.2 Å². The topological polar surface area (TPSA) is 87.6 Å². The van der Waals surface area contributed by atoms with Gasteiger partial charge in [0.05, 0.1) is 6.26 Å². The molecule has 0 radical (unpaired) electrons. The molecule has 4 aromatic rings. The number of rotatable bonds is 7. The minimum atomic E-state index is -0.540. The number of carbonyl (C=O) groups excluding carboxylic acids is 1. The first-order valence-electron chi connectivity index (χ1n) is 8.59. The van der Waals surface area contributed by atoms with Crippen molar-refractivity contribution in [3.63, 3.8) is 0 Å². The lowest BCUT2D eigenvalue weighted by atomic mass is 10.2. The van der Waals surface area contributed by atoms with Crippen molar-refractivity contribution in [1.29, 1.82) is 0 Å². The average Bonchev–Trinajstić information content (AvgIpc) is 3.43. The second kappa shape index (κ2) is 8.22. The van der Waals surface area contributed by atoms with Gasteiger partial charge in [0.25, 0.3) is 11.8 Å². The van der Waals surface area contributed by atoms with Crippen molar-refractivity contribution >= 4 is 5.97 Å². The fourth-order valence-electron chi connectivity index (χ4n) is 2.51. The number of carbonyl (C=O) groups is 1. The number of aromatic nitrogens is 2. The molecule has 0 spiro atoms. The van der Waals surface area contributed by atoms with Crippen LogP contribution in [0.1, 0.15) is 21.8 Å². The van der Waals surface area contributed by atoms with E-state index in [9.17, 15) is 4.79 Å². The van der Waals surface area contributed by atoms with Crippen LogP contribution in [0.3, 0.4) is 0 Å². The van der Waals surface area contributed by atoms with Gasteiger partial charge in [-0.25, -0.2) is 4.79 Å². The van der Waals surface area contributed by atoms with Crippen LogP contribution in [0.2, 0.25) is 0 Å². The predicted molar refractivity (Wildman–Crippen MR) is 98.3 cm³/mol. The van der Waals surface area contributed by atoms with Crippen LogP contribution in [0, 0.1) is 0 Å². The molecule has 0 saturated carbocycles. The minimum Gasteiger partial charge on any atom is -0.488 e. The van der Waals surface area contributed by atoms with Gasteiger partial charge in [0, 0.05) is 0 Å². The highest BCUT2D eigenvalue weighted by molar-refractivity contribution is 5.92. The molecule has 0 bridgehead atoms. The Bertz CT molecular complexity index is 1040. The van der Waals surface area contributed by atoms with E-state index in [0.29, 0.717) is 23.7 Å². The Kier molecular flexibility index (Phi) is 5.15. The zero-order chi connectivity index (χ0) is 19.2. The van der Waals surface area contributed by atoms with Crippen molar-refractivity contribution in [3.8, 4) is 17.4 Å². The maximum Gasteiger partial charge on any atom is 0.342 e. The van der Waals surface area contributed by atoms with Crippen LogP contribution < -0.4 is 4.74 Å². The van der Waals surface area contributed by atoms with Crippen molar-refractivity contribution in [1.82, 2.24) is 10.2 Å². The lowest BCUT2D eigenvalue weighted by Gasteiger charge is -2.10. The summed E-state index contributed by atoms with van der Waals surface area (Å²) in [5.74, 6) is 0.745. The lowest BCUT2D eigenvalue weighted by Crippen LogP contribution is -2.08. The van der Waals surface area contributed by atoms with Crippen LogP contribution in [-0.2, 0) is 18.0 Å². The van der Waals surface area contributed by atoms with Crippen molar-refractivity contribution in [2.75, 3.05) is 0 Å². The van der Waals surface area contributed by atoms with Crippen molar-refractivity contribution in [2.24, 2.45) is 0 Å². The molecule has 2 aromatic carbocycles. The summed E-state index contributed by atoms with van der Waals surface area (Å²) in [7, 11) is 0. The van der Waals surface area contributed by atoms with Gasteiger partial charge in [0.1, 0.15) is 17.9 Å². The number of para-hydroxylation sites is 1. The smallest absolute Gasteiger partial charge is 0.342 e. The third-order valence-electron chi connectivity index (χ3n) is 3.87. The average molecular weight is 376 g/mol. The van der Waals surface area contributed by atoms with E-state index < -0.39 is 5.97 Å². The van der Waals surface area contributed by atoms with E-state index in [-0.39, 0.29) is 18.4 Å². The van der Waals surface area contributed by atoms with Crippen LogP contribution in [0.4, 0.5) is 0 Å². The summed E-state index contributed by atoms with van der Waals surface area (Å²) in [6.07, 6.45) is 1.51. The van der Waals surface area contributed by atoms with Crippen LogP contribution >= 0.6 is 0 Å². The molecule has 2 aromatic heterocycles. The molecule has 4 rings (SSSR count). The Morgan fingerprint density at radius 3 is 2.54 bits per heavy atom. The first-order chi connectivity index (χ1) is 13.8. The SMILES string of the molecule is O=C(OCc1nnc(-c2ccco2)o1)c1ccccc1OCc1ccccc1. The van der Waals surface area contributed by atoms with E-state index in [1.807, 2.05) is 30.3 Å². The highest BCUT2D eigenvalue weighted by Gasteiger charge is 2.16. The number of esters is 1. The Labute approximate surface area is 160 Å². The van der Waals surface area contributed by atoms with E-state index in [4.69, 9.17) is 18.3 Å². The molecule has 28 heavy (non-hydrogen) atoms. The number of benzene rings is 2. The summed E-state index contributed by atoms with van der Waals surface area (Å²) in [4.78, 5) is 12.5. The molecular formula is C21H16N2O5. The van der Waals surface area contributed by atoms with Crippen molar-refractivity contribution < 1.29 is 23.1 Å². The number of hydrogen-bond donors (Lipinski definition) is 0. The van der Waals surface area contributed by atoms with Gasteiger partial charge < -0.3 is 18.3 Å². The molecule has 140 valence electrons. The first-order valence-corrected chi connectivity index (χ1v) is 8.59. The molecule has 0 unspecified atom stereocenters. The Hall–Kier alpha value is -3.87. The van der Waals surface area contributed by atoms with Crippen molar-refractivity contribution in [2.45, 2.75) is 13.2 Å². The third kappa shape index (κ3) is 4.09. The van der Waals surface area contributed by atoms with E-state index >= 15 is 0 Å². The van der Waals surface area contributed by atoms with E-state index in [2.05, 4.69) is 10.2 Å². The van der Waals surface area contributed by atoms with Gasteiger partial charge in [0.2, 0.25) is 0 Å². The summed E-state index contributed by atoms with van der Waals surface area (Å²) in [6, 6.07) is 20.0. The molecule has 7 heteroatoms. The van der Waals surface area contributed by atoms with Crippen LogP contribution in [0.25, 0.3) is 11.7 Å². The summed E-state index contributed by atoms with van der Waals surface area (Å²) in [5, 5.41) is 7.71. The third-order valence-corrected chi connectivity index (χ3v) is 3.87. The van der Waals surface area contributed by atoms with E-state index in [1.54, 1.807) is 36.4 Å². The molecular weight excluding hydrogens is 360 g/mol. The van der Waals surface area contributed by atoms with Gasteiger partial charge in [-0.1, -0.05) is 42.5 Å². The molecule has 0 N–H and O–H groups in total. The van der Waals surface area contributed by atoms with Crippen molar-refractivity contribution in [3.05, 3.63) is 90.0 Å². The zero-order valence-corrected chi connectivity index (χ0v) is 14.8. The second-order valence-corrected chi connectivity index (χ2v) is 5.82. The van der Waals surface area contributed by atoms with Gasteiger partial charge in [0.15, 0.2) is 12.4 Å². The molecule has 7 nitrogen and oxygen atoms in total. The number of hydrogen-bond acceptors (Lipinski definition) is 7. The van der Waals surface area contributed by atoms with Gasteiger partial charge in [-0.15, -0.1) is 10.2 Å². The Balaban J connectivity index is 1.39. The molecule has 0 atom stereocenters. The second-order valence-electron chi connectivity index (χ2n) is 5.82. The van der Waals surface area contributed by atoms with Gasteiger partial charge >= 0.3 is 5.97 Å². The van der Waals surface area contributed by atoms with Gasteiger partial charge in [-0.05, 0) is 29.8 Å². The summed E-state index contributed by atoms with van der Waals surface area (Å²) >= 11 is 0. The Morgan fingerprint density at radius 1 is 0.893 bits per heavy atom. The molecule has 0 saturated heterocycles. The normalized spacial score (nSPS) is 10.6. The maximum atomic E-state index is 12.5. The fraction of sp³-hybridized carbons (Fsp3) is 0.0952. The molecule has 0 amide bonds. The Morgan fingerprint density at radius 2 is 1.71 bits per heavy atom. The quantitative estimate of drug-likeness (QED) is 0.445. The summed E-state index contributed by atoms with van der Waals surface area (Å²) in [5.41, 5.74) is 1.33. The van der Waals surface area contributed by atoms with Crippen LogP contribution in [0.15, 0.2) is 81.8 Å². The number of furan rings is 1. The van der Waals surface area contributed by atoms with Gasteiger partial charge in [-0.2, -0.15) is 0 Å². The standard InChI is InChI=1S/C21H16N2O5/c24-21(27-14-19-22-23-20(28-19)18-11-6-12-25-18)16-9-4-5-10-17(16)26-13-15-7-2-1-3-8-15/h1-12H,13-14H2. The van der Waals surface area contributed by atoms with Gasteiger partial charge in [-0.3, -0.25) is 0 Å². The minimum absolute atomic E-state index is 0.153. The first kappa shape index (κ1) is 17.5. The highest BCUT2D eigenvalue weighted by atomic mass is 16.5. The summed E-state index contributed by atoms with van der Waals surface area (Å²) in [6.45, 7) is 0.195. The fourth-order valence-corrected chi connectivity index (χ4v) is 2.51. The number of ether oxygens (including phenoxy) is 2. The van der Waals surface area contributed by atoms with E-state index in [1.165, 1.54) is 6.26 Å². The molecule has 2 heterocycles. The zero-order valence-electron chi connectivity index (χ0n) is 14.8. The molecule has 0 aliphatic heterocycles. The summed E-state index contributed by atoms with van der Waals surface area (Å²) < 4.78 is 21.7. The highest BCUT2D eigenvalue weighted by Crippen LogP contribution is 2.22. The van der Waals surface area contributed by atoms with E-state index in [0.717, 1.165) is 5.56 Å². The molecule has 0 aliphatic rings. The predicted octanol–water partition coefficient (Wildman–Crippen LogP) is 4.27. The lowest BCUT2D eigenvalue weighted by molar-refractivity contribution is 0.0433. The van der Waals surface area contributed by atoms with Crippen LogP contribution in [0.5, 0.6) is 5.75 Å².